The molecular weight excluding hydrogens is 304 g/mol. The molecule has 1 aromatic rings. The number of piperidine rings is 2. The lowest BCUT2D eigenvalue weighted by Gasteiger charge is -2.26. The zero-order valence-corrected chi connectivity index (χ0v) is 13.9. The summed E-state index contributed by atoms with van der Waals surface area (Å²) in [5.74, 6) is -0.628. The van der Waals surface area contributed by atoms with Gasteiger partial charge >= 0.3 is 0 Å². The molecule has 3 rings (SSSR count). The standard InChI is InChI=1S/C18H24N4O2/c1-20-15-10-12(11-6-8-21-9-7-11)2-3-13(15)17(19)14-4-5-16(23)22-18(14)24/h2-3,10-11,14,19-21H,4-9H2,1H3,(H,22,23,24). The fourth-order valence-electron chi connectivity index (χ4n) is 3.57. The van der Waals surface area contributed by atoms with Gasteiger partial charge in [0.25, 0.3) is 0 Å². The van der Waals surface area contributed by atoms with Gasteiger partial charge in [-0.3, -0.25) is 14.9 Å². The van der Waals surface area contributed by atoms with Crippen LogP contribution in [0.2, 0.25) is 0 Å². The molecule has 0 spiro atoms. The van der Waals surface area contributed by atoms with E-state index < -0.39 is 5.92 Å². The van der Waals surface area contributed by atoms with Gasteiger partial charge in [-0.05, 0) is 49.9 Å². The van der Waals surface area contributed by atoms with Crippen LogP contribution in [0.1, 0.15) is 42.7 Å². The summed E-state index contributed by atoms with van der Waals surface area (Å²) in [5.41, 5.74) is 3.17. The summed E-state index contributed by atoms with van der Waals surface area (Å²) in [6.45, 7) is 2.07. The van der Waals surface area contributed by atoms with Crippen molar-refractivity contribution in [3.05, 3.63) is 29.3 Å². The van der Waals surface area contributed by atoms with E-state index in [1.165, 1.54) is 5.56 Å². The Hall–Kier alpha value is -2.21. The highest BCUT2D eigenvalue weighted by atomic mass is 16.2. The maximum Gasteiger partial charge on any atom is 0.235 e. The van der Waals surface area contributed by atoms with Crippen molar-refractivity contribution in [2.75, 3.05) is 25.5 Å². The van der Waals surface area contributed by atoms with E-state index in [4.69, 9.17) is 5.41 Å². The zero-order valence-electron chi connectivity index (χ0n) is 13.9. The quantitative estimate of drug-likeness (QED) is 0.499. The van der Waals surface area contributed by atoms with Crippen LogP contribution in [0.3, 0.4) is 0 Å². The Bertz CT molecular complexity index is 665. The molecule has 128 valence electrons. The zero-order chi connectivity index (χ0) is 17.1. The molecule has 24 heavy (non-hydrogen) atoms. The molecule has 1 unspecified atom stereocenters. The normalized spacial score (nSPS) is 22.1. The van der Waals surface area contributed by atoms with E-state index in [0.29, 0.717) is 18.8 Å². The van der Waals surface area contributed by atoms with Crippen molar-refractivity contribution in [3.63, 3.8) is 0 Å². The largest absolute Gasteiger partial charge is 0.388 e. The topological polar surface area (TPSA) is 94.1 Å². The Kier molecular flexibility index (Phi) is 4.94. The first-order chi connectivity index (χ1) is 11.6. The van der Waals surface area contributed by atoms with Gasteiger partial charge in [-0.1, -0.05) is 12.1 Å². The molecule has 0 bridgehead atoms. The third-order valence-electron chi connectivity index (χ3n) is 5.00. The SMILES string of the molecule is CNc1cc(C2CCNCC2)ccc1C(=N)C1CCC(=O)NC1=O. The van der Waals surface area contributed by atoms with Crippen molar-refractivity contribution in [1.29, 1.82) is 5.41 Å². The molecule has 0 saturated carbocycles. The molecule has 1 atom stereocenters. The highest BCUT2D eigenvalue weighted by molar-refractivity contribution is 6.17. The summed E-state index contributed by atoms with van der Waals surface area (Å²) >= 11 is 0. The molecule has 6 heteroatoms. The number of carbonyl (C=O) groups is 2. The number of rotatable bonds is 4. The van der Waals surface area contributed by atoms with Crippen LogP contribution in [0.25, 0.3) is 0 Å². The first-order valence-corrected chi connectivity index (χ1v) is 8.55. The Labute approximate surface area is 141 Å². The van der Waals surface area contributed by atoms with Crippen molar-refractivity contribution < 1.29 is 9.59 Å². The minimum absolute atomic E-state index is 0.251. The van der Waals surface area contributed by atoms with Crippen LogP contribution in [0.4, 0.5) is 5.69 Å². The van der Waals surface area contributed by atoms with Gasteiger partial charge in [-0.15, -0.1) is 0 Å². The molecule has 0 aromatic heterocycles. The summed E-state index contributed by atoms with van der Waals surface area (Å²) in [6, 6.07) is 6.12. The van der Waals surface area contributed by atoms with Crippen molar-refractivity contribution in [3.8, 4) is 0 Å². The summed E-state index contributed by atoms with van der Waals surface area (Å²) in [6.07, 6.45) is 2.93. The number of hydrogen-bond donors (Lipinski definition) is 4. The van der Waals surface area contributed by atoms with Gasteiger partial charge in [-0.2, -0.15) is 0 Å². The first-order valence-electron chi connectivity index (χ1n) is 8.55. The van der Waals surface area contributed by atoms with Crippen LogP contribution in [0.5, 0.6) is 0 Å². The highest BCUT2D eigenvalue weighted by Crippen LogP contribution is 2.30. The van der Waals surface area contributed by atoms with E-state index in [1.807, 2.05) is 13.1 Å². The van der Waals surface area contributed by atoms with Crippen LogP contribution in [0.15, 0.2) is 18.2 Å². The number of nitrogens with one attached hydrogen (secondary N) is 4. The van der Waals surface area contributed by atoms with Gasteiger partial charge in [-0.25, -0.2) is 0 Å². The van der Waals surface area contributed by atoms with E-state index in [-0.39, 0.29) is 17.5 Å². The van der Waals surface area contributed by atoms with Crippen LogP contribution >= 0.6 is 0 Å². The van der Waals surface area contributed by atoms with E-state index in [0.717, 1.165) is 37.2 Å². The lowest BCUT2D eigenvalue weighted by Crippen LogP contribution is -2.44. The predicted molar refractivity (Wildman–Crippen MR) is 93.5 cm³/mol. The monoisotopic (exact) mass is 328 g/mol. The first kappa shape index (κ1) is 16.6. The van der Waals surface area contributed by atoms with Gasteiger partial charge in [0.2, 0.25) is 11.8 Å². The average molecular weight is 328 g/mol. The molecule has 0 aliphatic carbocycles. The fraction of sp³-hybridized carbons (Fsp3) is 0.500. The number of imide groups is 1. The second kappa shape index (κ2) is 7.13. The summed E-state index contributed by atoms with van der Waals surface area (Å²) < 4.78 is 0. The van der Waals surface area contributed by atoms with Gasteiger partial charge < -0.3 is 16.0 Å². The van der Waals surface area contributed by atoms with E-state index in [9.17, 15) is 9.59 Å². The Morgan fingerprint density at radius 3 is 2.62 bits per heavy atom. The van der Waals surface area contributed by atoms with Crippen LogP contribution in [-0.2, 0) is 9.59 Å². The second-order valence-corrected chi connectivity index (χ2v) is 6.50. The Balaban J connectivity index is 1.83. The molecule has 2 fully saturated rings. The maximum absolute atomic E-state index is 12.0. The van der Waals surface area contributed by atoms with Crippen molar-refractivity contribution >= 4 is 23.2 Å². The Morgan fingerprint density at radius 1 is 1.21 bits per heavy atom. The molecule has 2 amide bonds. The number of benzene rings is 1. The van der Waals surface area contributed by atoms with Gasteiger partial charge in [0.05, 0.1) is 11.6 Å². The van der Waals surface area contributed by atoms with Crippen LogP contribution in [0, 0.1) is 11.3 Å². The average Bonchev–Trinajstić information content (AvgIpc) is 2.61. The summed E-state index contributed by atoms with van der Waals surface area (Å²) in [4.78, 5) is 23.3. The van der Waals surface area contributed by atoms with E-state index in [2.05, 4.69) is 28.1 Å². The smallest absolute Gasteiger partial charge is 0.235 e. The third kappa shape index (κ3) is 3.33. The molecule has 6 nitrogen and oxygen atoms in total. The van der Waals surface area contributed by atoms with Gasteiger partial charge in [0.15, 0.2) is 0 Å². The molecular formula is C18H24N4O2. The molecule has 2 saturated heterocycles. The second-order valence-electron chi connectivity index (χ2n) is 6.50. The Morgan fingerprint density at radius 2 is 1.96 bits per heavy atom. The van der Waals surface area contributed by atoms with Crippen LogP contribution in [-0.4, -0.2) is 37.7 Å². The minimum atomic E-state index is -0.556. The molecule has 2 heterocycles. The number of hydrogen-bond acceptors (Lipinski definition) is 5. The summed E-state index contributed by atoms with van der Waals surface area (Å²) in [5, 5.41) is 17.3. The summed E-state index contributed by atoms with van der Waals surface area (Å²) in [7, 11) is 1.84. The number of anilines is 1. The van der Waals surface area contributed by atoms with E-state index in [1.54, 1.807) is 0 Å². The van der Waals surface area contributed by atoms with E-state index >= 15 is 0 Å². The van der Waals surface area contributed by atoms with Crippen molar-refractivity contribution in [2.24, 2.45) is 5.92 Å². The molecule has 4 N–H and O–H groups in total. The third-order valence-corrected chi connectivity index (χ3v) is 5.00. The minimum Gasteiger partial charge on any atom is -0.388 e. The highest BCUT2D eigenvalue weighted by Gasteiger charge is 2.31. The number of carbonyl (C=O) groups excluding carboxylic acids is 2. The molecule has 2 aliphatic rings. The molecule has 0 radical (unpaired) electrons. The molecule has 1 aromatic carbocycles. The van der Waals surface area contributed by atoms with Crippen molar-refractivity contribution in [1.82, 2.24) is 10.6 Å². The van der Waals surface area contributed by atoms with Gasteiger partial charge in [0, 0.05) is 24.7 Å². The lowest BCUT2D eigenvalue weighted by atomic mass is 9.85. The lowest BCUT2D eigenvalue weighted by molar-refractivity contribution is -0.134. The fourth-order valence-corrected chi connectivity index (χ4v) is 3.57. The predicted octanol–water partition coefficient (Wildman–Crippen LogP) is 1.62. The van der Waals surface area contributed by atoms with Crippen molar-refractivity contribution in [2.45, 2.75) is 31.6 Å². The molecule has 2 aliphatic heterocycles. The maximum atomic E-state index is 12.0. The number of amides is 2. The van der Waals surface area contributed by atoms with Gasteiger partial charge in [0.1, 0.15) is 0 Å². The van der Waals surface area contributed by atoms with Crippen LogP contribution < -0.4 is 16.0 Å².